The van der Waals surface area contributed by atoms with Crippen LogP contribution in [0.1, 0.15) is 43.0 Å². The molecule has 0 bridgehead atoms. The van der Waals surface area contributed by atoms with Crippen LogP contribution in [0, 0.1) is 0 Å². The summed E-state index contributed by atoms with van der Waals surface area (Å²) >= 11 is 0. The predicted octanol–water partition coefficient (Wildman–Crippen LogP) is 4.44. The van der Waals surface area contributed by atoms with Crippen LogP contribution >= 0.6 is 0 Å². The van der Waals surface area contributed by atoms with E-state index in [-0.39, 0.29) is 0 Å². The average molecular weight is 281 g/mol. The molecule has 0 saturated carbocycles. The summed E-state index contributed by atoms with van der Waals surface area (Å²) in [5.41, 5.74) is 6.58. The molecule has 3 rings (SSSR count). The molecule has 1 aliphatic heterocycles. The van der Waals surface area contributed by atoms with Crippen molar-refractivity contribution in [3.05, 3.63) is 59.2 Å². The molecule has 0 spiro atoms. The molecular weight excluding hydrogens is 258 g/mol. The molecule has 21 heavy (non-hydrogen) atoms. The predicted molar refractivity (Wildman–Crippen MR) is 87.1 cm³/mol. The molecule has 2 aromatic carbocycles. The Labute approximate surface area is 127 Å². The Bertz CT molecular complexity index is 603. The van der Waals surface area contributed by atoms with E-state index in [1.807, 2.05) is 0 Å². The molecule has 0 aromatic heterocycles. The smallest absolute Gasteiger partial charge is 0.0725 e. The van der Waals surface area contributed by atoms with Crippen molar-refractivity contribution >= 4 is 0 Å². The maximum atomic E-state index is 5.49. The first kappa shape index (κ1) is 14.3. The highest BCUT2D eigenvalue weighted by Crippen LogP contribution is 2.28. The maximum absolute atomic E-state index is 5.49. The van der Waals surface area contributed by atoms with E-state index in [4.69, 9.17) is 4.74 Å². The highest BCUT2D eigenvalue weighted by molar-refractivity contribution is 5.65. The monoisotopic (exact) mass is 281 g/mol. The van der Waals surface area contributed by atoms with Gasteiger partial charge in [0.1, 0.15) is 0 Å². The van der Waals surface area contributed by atoms with Crippen LogP contribution in [-0.4, -0.2) is 6.54 Å². The minimum atomic E-state index is 0.456. The van der Waals surface area contributed by atoms with E-state index in [1.54, 1.807) is 0 Å². The molecule has 2 nitrogen and oxygen atoms in total. The summed E-state index contributed by atoms with van der Waals surface area (Å²) < 4.78 is 5.49. The molecule has 1 N–H and O–H groups in total. The first-order chi connectivity index (χ1) is 10.3. The van der Waals surface area contributed by atoms with Gasteiger partial charge in [-0.3, -0.25) is 0 Å². The van der Waals surface area contributed by atoms with Crippen molar-refractivity contribution in [2.75, 3.05) is 6.54 Å². The normalized spacial score (nSPS) is 15.0. The molecule has 110 valence electrons. The lowest BCUT2D eigenvalue weighted by Gasteiger charge is -2.16. The number of rotatable bonds is 5. The van der Waals surface area contributed by atoms with Gasteiger partial charge < -0.3 is 10.1 Å². The van der Waals surface area contributed by atoms with Crippen molar-refractivity contribution in [2.24, 2.45) is 0 Å². The molecule has 1 unspecified atom stereocenters. The minimum absolute atomic E-state index is 0.456. The summed E-state index contributed by atoms with van der Waals surface area (Å²) in [5, 5.41) is 3.53. The number of ether oxygens (including phenoxy) is 1. The molecule has 0 amide bonds. The molecule has 2 aromatic rings. The SMILES string of the molecule is CCNC(CC)c1ccc(-c2ccc3c(c2)COC3)cc1. The van der Waals surface area contributed by atoms with Crippen LogP contribution in [0.15, 0.2) is 42.5 Å². The van der Waals surface area contributed by atoms with Crippen molar-refractivity contribution in [3.8, 4) is 11.1 Å². The topological polar surface area (TPSA) is 21.3 Å². The lowest BCUT2D eigenvalue weighted by molar-refractivity contribution is 0.134. The molecule has 0 aliphatic carbocycles. The molecule has 1 heterocycles. The van der Waals surface area contributed by atoms with Gasteiger partial charge in [-0.1, -0.05) is 50.2 Å². The Morgan fingerprint density at radius 3 is 2.38 bits per heavy atom. The lowest BCUT2D eigenvalue weighted by Crippen LogP contribution is -2.19. The zero-order chi connectivity index (χ0) is 14.7. The van der Waals surface area contributed by atoms with E-state index >= 15 is 0 Å². The summed E-state index contributed by atoms with van der Waals surface area (Å²) in [6, 6.07) is 16.1. The quantitative estimate of drug-likeness (QED) is 0.874. The largest absolute Gasteiger partial charge is 0.372 e. The van der Waals surface area contributed by atoms with E-state index in [0.29, 0.717) is 6.04 Å². The van der Waals surface area contributed by atoms with Crippen molar-refractivity contribution in [2.45, 2.75) is 39.5 Å². The molecule has 0 saturated heterocycles. The summed E-state index contributed by atoms with van der Waals surface area (Å²) in [6.07, 6.45) is 1.11. The fourth-order valence-electron chi connectivity index (χ4n) is 3.00. The highest BCUT2D eigenvalue weighted by Gasteiger charge is 2.12. The van der Waals surface area contributed by atoms with Crippen molar-refractivity contribution in [1.82, 2.24) is 5.32 Å². The number of fused-ring (bicyclic) bond motifs is 1. The Balaban J connectivity index is 1.83. The van der Waals surface area contributed by atoms with Crippen molar-refractivity contribution < 1.29 is 4.74 Å². The van der Waals surface area contributed by atoms with E-state index in [2.05, 4.69) is 61.6 Å². The third-order valence-electron chi connectivity index (χ3n) is 4.23. The van der Waals surface area contributed by atoms with Crippen LogP contribution in [0.5, 0.6) is 0 Å². The van der Waals surface area contributed by atoms with Crippen LogP contribution in [-0.2, 0) is 18.0 Å². The fourth-order valence-corrected chi connectivity index (χ4v) is 3.00. The van der Waals surface area contributed by atoms with E-state index < -0.39 is 0 Å². The van der Waals surface area contributed by atoms with E-state index in [9.17, 15) is 0 Å². The second-order valence-electron chi connectivity index (χ2n) is 5.62. The molecule has 0 fully saturated rings. The second-order valence-corrected chi connectivity index (χ2v) is 5.62. The van der Waals surface area contributed by atoms with Gasteiger partial charge in [0, 0.05) is 6.04 Å². The number of nitrogens with one attached hydrogen (secondary N) is 1. The van der Waals surface area contributed by atoms with Gasteiger partial charge in [0.05, 0.1) is 13.2 Å². The summed E-state index contributed by atoms with van der Waals surface area (Å²) in [4.78, 5) is 0. The number of hydrogen-bond donors (Lipinski definition) is 1. The van der Waals surface area contributed by atoms with E-state index in [1.165, 1.54) is 27.8 Å². The van der Waals surface area contributed by atoms with E-state index in [0.717, 1.165) is 26.2 Å². The molecular formula is C19H23NO. The summed E-state index contributed by atoms with van der Waals surface area (Å²) in [5.74, 6) is 0. The average Bonchev–Trinajstić information content (AvgIpc) is 3.00. The van der Waals surface area contributed by atoms with Crippen LogP contribution < -0.4 is 5.32 Å². The van der Waals surface area contributed by atoms with Crippen LogP contribution in [0.4, 0.5) is 0 Å². The molecule has 1 aliphatic rings. The van der Waals surface area contributed by atoms with Crippen LogP contribution in [0.2, 0.25) is 0 Å². The first-order valence-corrected chi connectivity index (χ1v) is 7.85. The number of hydrogen-bond acceptors (Lipinski definition) is 2. The van der Waals surface area contributed by atoms with Crippen molar-refractivity contribution in [1.29, 1.82) is 0 Å². The van der Waals surface area contributed by atoms with Gasteiger partial charge in [-0.2, -0.15) is 0 Å². The van der Waals surface area contributed by atoms with Gasteiger partial charge in [-0.25, -0.2) is 0 Å². The Hall–Kier alpha value is -1.64. The molecule has 0 radical (unpaired) electrons. The van der Waals surface area contributed by atoms with Gasteiger partial charge in [0.15, 0.2) is 0 Å². The zero-order valence-electron chi connectivity index (χ0n) is 12.9. The maximum Gasteiger partial charge on any atom is 0.0725 e. The van der Waals surface area contributed by atoms with Gasteiger partial charge in [-0.05, 0) is 46.8 Å². The zero-order valence-corrected chi connectivity index (χ0v) is 12.9. The van der Waals surface area contributed by atoms with Gasteiger partial charge in [-0.15, -0.1) is 0 Å². The standard InChI is InChI=1S/C19H23NO/c1-3-19(20-4-2)15-7-5-14(6-8-15)16-9-10-17-12-21-13-18(17)11-16/h5-11,19-20H,3-4,12-13H2,1-2H3. The van der Waals surface area contributed by atoms with Gasteiger partial charge in [0.2, 0.25) is 0 Å². The number of benzene rings is 2. The first-order valence-electron chi connectivity index (χ1n) is 7.85. The third-order valence-corrected chi connectivity index (χ3v) is 4.23. The molecule has 2 heteroatoms. The summed E-state index contributed by atoms with van der Waals surface area (Å²) in [6.45, 7) is 6.89. The minimum Gasteiger partial charge on any atom is -0.372 e. The second kappa shape index (κ2) is 6.42. The van der Waals surface area contributed by atoms with Crippen LogP contribution in [0.3, 0.4) is 0 Å². The fraction of sp³-hybridized carbons (Fsp3) is 0.368. The Kier molecular flexibility index (Phi) is 4.37. The van der Waals surface area contributed by atoms with Crippen LogP contribution in [0.25, 0.3) is 11.1 Å². The Morgan fingerprint density at radius 1 is 0.952 bits per heavy atom. The highest BCUT2D eigenvalue weighted by atomic mass is 16.5. The van der Waals surface area contributed by atoms with Gasteiger partial charge >= 0.3 is 0 Å². The summed E-state index contributed by atoms with van der Waals surface area (Å²) in [7, 11) is 0. The Morgan fingerprint density at radius 2 is 1.67 bits per heavy atom. The van der Waals surface area contributed by atoms with Crippen molar-refractivity contribution in [3.63, 3.8) is 0 Å². The third kappa shape index (κ3) is 3.02. The lowest BCUT2D eigenvalue weighted by atomic mass is 9.97. The molecule has 1 atom stereocenters. The van der Waals surface area contributed by atoms with Gasteiger partial charge in [0.25, 0.3) is 0 Å².